The first kappa shape index (κ1) is 8.00. The molecule has 0 aromatic carbocycles. The largest absolute Gasteiger partial charge is 0.368 e. The molecule has 1 aliphatic heterocycles. The van der Waals surface area contributed by atoms with Gasteiger partial charge in [0.1, 0.15) is 6.04 Å². The van der Waals surface area contributed by atoms with Crippen molar-refractivity contribution in [1.29, 1.82) is 0 Å². The summed E-state index contributed by atoms with van der Waals surface area (Å²) in [6, 6.07) is -0.415. The molecule has 0 aromatic rings. The van der Waals surface area contributed by atoms with Crippen LogP contribution in [-0.2, 0) is 9.59 Å². The number of nitrogens with one attached hydrogen (secondary N) is 2. The summed E-state index contributed by atoms with van der Waals surface area (Å²) < 4.78 is 0. The van der Waals surface area contributed by atoms with Crippen LogP contribution in [0.5, 0.6) is 0 Å². The first-order valence-corrected chi connectivity index (χ1v) is 3.49. The van der Waals surface area contributed by atoms with E-state index in [4.69, 9.17) is 5.73 Å². The molecule has 62 valence electrons. The van der Waals surface area contributed by atoms with Crippen LogP contribution in [0.4, 0.5) is 0 Å². The maximum absolute atomic E-state index is 10.7. The van der Waals surface area contributed by atoms with E-state index >= 15 is 0 Å². The first-order chi connectivity index (χ1) is 5.20. The maximum Gasteiger partial charge on any atom is 0.236 e. The van der Waals surface area contributed by atoms with Gasteiger partial charge in [0.15, 0.2) is 0 Å². The number of nitrogens with two attached hydrogens (primary N) is 1. The molecule has 0 radical (unpaired) electrons. The fourth-order valence-corrected chi connectivity index (χ4v) is 0.938. The highest BCUT2D eigenvalue weighted by Crippen LogP contribution is 1.88. The Balaban J connectivity index is 2.46. The summed E-state index contributed by atoms with van der Waals surface area (Å²) in [5.41, 5.74) is 5.03. The lowest BCUT2D eigenvalue weighted by atomic mass is 10.3. The van der Waals surface area contributed by atoms with Crippen LogP contribution < -0.4 is 16.4 Å². The second-order valence-electron chi connectivity index (χ2n) is 2.46. The van der Waals surface area contributed by atoms with Gasteiger partial charge < -0.3 is 16.4 Å². The van der Waals surface area contributed by atoms with E-state index in [1.807, 2.05) is 0 Å². The molecule has 1 aliphatic rings. The van der Waals surface area contributed by atoms with Crippen molar-refractivity contribution >= 4 is 11.8 Å². The molecule has 1 heterocycles. The monoisotopic (exact) mass is 157 g/mol. The zero-order chi connectivity index (χ0) is 8.27. The van der Waals surface area contributed by atoms with Gasteiger partial charge in [0, 0.05) is 19.5 Å². The Labute approximate surface area is 64.3 Å². The highest BCUT2D eigenvalue weighted by atomic mass is 16.2. The van der Waals surface area contributed by atoms with Crippen LogP contribution in [0.2, 0.25) is 0 Å². The summed E-state index contributed by atoms with van der Waals surface area (Å²) in [7, 11) is 0. The predicted molar refractivity (Wildman–Crippen MR) is 38.6 cm³/mol. The van der Waals surface area contributed by atoms with E-state index in [0.717, 1.165) is 0 Å². The number of hydrogen-bond acceptors (Lipinski definition) is 3. The highest BCUT2D eigenvalue weighted by Gasteiger charge is 2.18. The van der Waals surface area contributed by atoms with Gasteiger partial charge in [-0.2, -0.15) is 0 Å². The fourth-order valence-electron chi connectivity index (χ4n) is 0.938. The van der Waals surface area contributed by atoms with Crippen molar-refractivity contribution in [2.75, 3.05) is 13.1 Å². The van der Waals surface area contributed by atoms with E-state index in [0.29, 0.717) is 19.5 Å². The molecule has 0 aliphatic carbocycles. The summed E-state index contributed by atoms with van der Waals surface area (Å²) in [4.78, 5) is 21.4. The third-order valence-electron chi connectivity index (χ3n) is 1.59. The molecule has 1 saturated heterocycles. The van der Waals surface area contributed by atoms with Crippen molar-refractivity contribution in [2.45, 2.75) is 12.5 Å². The number of amides is 2. The average molecular weight is 157 g/mol. The van der Waals surface area contributed by atoms with Gasteiger partial charge in [-0.1, -0.05) is 0 Å². The molecule has 1 unspecified atom stereocenters. The van der Waals surface area contributed by atoms with Gasteiger partial charge in [-0.25, -0.2) is 0 Å². The molecule has 1 atom stereocenters. The van der Waals surface area contributed by atoms with Crippen LogP contribution >= 0.6 is 0 Å². The lowest BCUT2D eigenvalue weighted by molar-refractivity contribution is -0.120. The maximum atomic E-state index is 10.7. The zero-order valence-corrected chi connectivity index (χ0v) is 6.09. The Morgan fingerprint density at radius 1 is 1.64 bits per heavy atom. The Hall–Kier alpha value is -1.10. The number of carbonyl (C=O) groups excluding carboxylic acids is 2. The predicted octanol–water partition coefficient (Wildman–Crippen LogP) is -2.05. The van der Waals surface area contributed by atoms with E-state index in [2.05, 4.69) is 10.6 Å². The van der Waals surface area contributed by atoms with Crippen molar-refractivity contribution in [1.82, 2.24) is 10.6 Å². The van der Waals surface area contributed by atoms with Gasteiger partial charge in [0.2, 0.25) is 11.8 Å². The van der Waals surface area contributed by atoms with Gasteiger partial charge in [0.25, 0.3) is 0 Å². The molecule has 2 amide bonds. The van der Waals surface area contributed by atoms with Crippen molar-refractivity contribution < 1.29 is 9.59 Å². The third kappa shape index (κ3) is 2.19. The van der Waals surface area contributed by atoms with Crippen molar-refractivity contribution in [3.63, 3.8) is 0 Å². The molecule has 1 fully saturated rings. The Morgan fingerprint density at radius 2 is 2.36 bits per heavy atom. The van der Waals surface area contributed by atoms with Crippen LogP contribution in [-0.4, -0.2) is 30.9 Å². The standard InChI is InChI=1S/C6H11N3O2/c7-6(11)4-3-9-5(10)1-2-8-4/h4,8H,1-3H2,(H2,7,11)(H,9,10). The van der Waals surface area contributed by atoms with Gasteiger partial charge in [-0.3, -0.25) is 9.59 Å². The van der Waals surface area contributed by atoms with Crippen LogP contribution in [0, 0.1) is 0 Å². The van der Waals surface area contributed by atoms with Gasteiger partial charge in [-0.15, -0.1) is 0 Å². The molecule has 0 saturated carbocycles. The first-order valence-electron chi connectivity index (χ1n) is 3.49. The van der Waals surface area contributed by atoms with Crippen LogP contribution in [0.15, 0.2) is 0 Å². The lowest BCUT2D eigenvalue weighted by Gasteiger charge is -2.09. The Morgan fingerprint density at radius 3 is 3.00 bits per heavy atom. The van der Waals surface area contributed by atoms with Gasteiger partial charge >= 0.3 is 0 Å². The minimum Gasteiger partial charge on any atom is -0.368 e. The van der Waals surface area contributed by atoms with E-state index < -0.39 is 11.9 Å². The van der Waals surface area contributed by atoms with Crippen molar-refractivity contribution in [3.8, 4) is 0 Å². The van der Waals surface area contributed by atoms with Crippen LogP contribution in [0.3, 0.4) is 0 Å². The van der Waals surface area contributed by atoms with Crippen LogP contribution in [0.1, 0.15) is 6.42 Å². The summed E-state index contributed by atoms with van der Waals surface area (Å²) in [5, 5.41) is 5.43. The molecule has 1 rings (SSSR count). The van der Waals surface area contributed by atoms with E-state index in [1.54, 1.807) is 0 Å². The number of primary amides is 1. The van der Waals surface area contributed by atoms with E-state index in [9.17, 15) is 9.59 Å². The topological polar surface area (TPSA) is 84.2 Å². The number of carbonyl (C=O) groups is 2. The van der Waals surface area contributed by atoms with Crippen LogP contribution in [0.25, 0.3) is 0 Å². The second-order valence-corrected chi connectivity index (χ2v) is 2.46. The zero-order valence-electron chi connectivity index (χ0n) is 6.09. The quantitative estimate of drug-likeness (QED) is 0.409. The smallest absolute Gasteiger partial charge is 0.236 e. The van der Waals surface area contributed by atoms with Gasteiger partial charge in [-0.05, 0) is 0 Å². The third-order valence-corrected chi connectivity index (χ3v) is 1.59. The minimum atomic E-state index is -0.424. The molecule has 0 bridgehead atoms. The second kappa shape index (κ2) is 3.34. The lowest BCUT2D eigenvalue weighted by Crippen LogP contribution is -2.46. The summed E-state index contributed by atoms with van der Waals surface area (Å²) in [6.45, 7) is 0.813. The molecule has 11 heavy (non-hydrogen) atoms. The molecule has 0 aromatic heterocycles. The summed E-state index contributed by atoms with van der Waals surface area (Å²) >= 11 is 0. The average Bonchev–Trinajstić information content (AvgIpc) is 2.13. The molecular weight excluding hydrogens is 146 g/mol. The van der Waals surface area contributed by atoms with Crippen molar-refractivity contribution in [2.24, 2.45) is 5.73 Å². The Kier molecular flexibility index (Phi) is 2.43. The SMILES string of the molecule is NC(=O)C1CNC(=O)CCN1. The normalized spacial score (nSPS) is 25.5. The highest BCUT2D eigenvalue weighted by molar-refractivity contribution is 5.83. The molecular formula is C6H11N3O2. The van der Waals surface area contributed by atoms with E-state index in [1.165, 1.54) is 0 Å². The van der Waals surface area contributed by atoms with Crippen molar-refractivity contribution in [3.05, 3.63) is 0 Å². The molecule has 5 nitrogen and oxygen atoms in total. The summed E-state index contributed by atoms with van der Waals surface area (Å²) in [5.74, 6) is -0.464. The summed E-state index contributed by atoms with van der Waals surface area (Å²) in [6.07, 6.45) is 0.407. The van der Waals surface area contributed by atoms with E-state index in [-0.39, 0.29) is 5.91 Å². The van der Waals surface area contributed by atoms with Gasteiger partial charge in [0.05, 0.1) is 0 Å². The number of rotatable bonds is 1. The molecule has 4 N–H and O–H groups in total. The number of hydrogen-bond donors (Lipinski definition) is 3. The molecule has 5 heteroatoms. The molecule has 0 spiro atoms. The minimum absolute atomic E-state index is 0.0405. The fraction of sp³-hybridized carbons (Fsp3) is 0.667. The Bertz CT molecular complexity index is 181.